The summed E-state index contributed by atoms with van der Waals surface area (Å²) in [6.07, 6.45) is 2.90. The minimum Gasteiger partial charge on any atom is -0.489 e. The Morgan fingerprint density at radius 3 is 2.75 bits per heavy atom. The topological polar surface area (TPSA) is 68.2 Å². The number of fused-ring (bicyclic) bond motifs is 1. The van der Waals surface area contributed by atoms with Gasteiger partial charge in [-0.15, -0.1) is 0 Å². The van der Waals surface area contributed by atoms with Crippen molar-refractivity contribution in [3.63, 3.8) is 0 Å². The Kier molecular flexibility index (Phi) is 8.43. The highest BCUT2D eigenvalue weighted by molar-refractivity contribution is 6.32. The molecule has 0 spiro atoms. The number of nitrogens with zero attached hydrogens (tertiary/aromatic N) is 1. The molecule has 2 aliphatic rings. The molecular weight excluding hydrogens is 499 g/mol. The summed E-state index contributed by atoms with van der Waals surface area (Å²) in [6.45, 7) is -0.0711. The van der Waals surface area contributed by atoms with Crippen LogP contribution in [0.4, 0.5) is 13.2 Å². The maximum Gasteiger partial charge on any atom is 0.332 e. The van der Waals surface area contributed by atoms with Crippen molar-refractivity contribution >= 4 is 23.6 Å². The van der Waals surface area contributed by atoms with Gasteiger partial charge in [0, 0.05) is 37.3 Å². The number of benzene rings is 2. The summed E-state index contributed by atoms with van der Waals surface area (Å²) in [5, 5.41) is 9.39. The molecule has 1 N–H and O–H groups in total. The van der Waals surface area contributed by atoms with E-state index in [2.05, 4.69) is 0 Å². The van der Waals surface area contributed by atoms with E-state index in [9.17, 15) is 23.1 Å². The lowest BCUT2D eigenvalue weighted by molar-refractivity contribution is -0.133. The van der Waals surface area contributed by atoms with Crippen LogP contribution in [0.1, 0.15) is 17.5 Å². The number of aliphatic carboxylic acids is 1. The lowest BCUT2D eigenvalue weighted by Gasteiger charge is -2.28. The van der Waals surface area contributed by atoms with Crippen molar-refractivity contribution in [2.75, 3.05) is 39.6 Å². The van der Waals surface area contributed by atoms with Crippen LogP contribution < -0.4 is 14.2 Å². The third-order valence-electron chi connectivity index (χ3n) is 5.80. The summed E-state index contributed by atoms with van der Waals surface area (Å²) < 4.78 is 56.9. The summed E-state index contributed by atoms with van der Waals surface area (Å²) in [4.78, 5) is 13.2. The normalized spacial score (nSPS) is 15.6. The van der Waals surface area contributed by atoms with Crippen LogP contribution in [0.5, 0.6) is 17.2 Å². The summed E-state index contributed by atoms with van der Waals surface area (Å²) >= 11 is 6.15. The SMILES string of the molecule is O=C(O)C1=CCCN(CC2=Cc3c(F)cc(OCc4ccc(OC(CF)CF)c(Cl)c4)cc3OC2)C1. The first-order chi connectivity index (χ1) is 17.4. The van der Waals surface area contributed by atoms with E-state index in [1.165, 1.54) is 12.1 Å². The monoisotopic (exact) mass is 523 g/mol. The van der Waals surface area contributed by atoms with Gasteiger partial charge in [0.15, 0.2) is 6.10 Å². The van der Waals surface area contributed by atoms with E-state index in [4.69, 9.17) is 25.8 Å². The second kappa shape index (κ2) is 11.7. The quantitative estimate of drug-likeness (QED) is 0.459. The molecule has 2 aromatic carbocycles. The Labute approximate surface area is 211 Å². The molecule has 192 valence electrons. The van der Waals surface area contributed by atoms with E-state index in [0.717, 1.165) is 12.1 Å². The molecule has 0 unspecified atom stereocenters. The van der Waals surface area contributed by atoms with Gasteiger partial charge in [-0.2, -0.15) is 0 Å². The Hall–Kier alpha value is -3.17. The number of rotatable bonds is 10. The molecule has 0 fully saturated rings. The number of carbonyl (C=O) groups is 1. The minimum atomic E-state index is -1.21. The van der Waals surface area contributed by atoms with Crippen LogP contribution in [-0.4, -0.2) is 61.7 Å². The second-order valence-electron chi connectivity index (χ2n) is 8.54. The number of hydrogen-bond donors (Lipinski definition) is 1. The smallest absolute Gasteiger partial charge is 0.332 e. The van der Waals surface area contributed by atoms with Crippen molar-refractivity contribution in [3.8, 4) is 17.2 Å². The molecule has 2 aliphatic heterocycles. The zero-order chi connectivity index (χ0) is 25.7. The van der Waals surface area contributed by atoms with Gasteiger partial charge in [-0.1, -0.05) is 23.7 Å². The summed E-state index contributed by atoms with van der Waals surface area (Å²) in [6, 6.07) is 7.56. The first kappa shape index (κ1) is 25.9. The molecule has 0 radical (unpaired) electrons. The molecule has 2 heterocycles. The van der Waals surface area contributed by atoms with Crippen molar-refractivity contribution in [3.05, 3.63) is 69.5 Å². The maximum absolute atomic E-state index is 14.9. The number of ether oxygens (including phenoxy) is 3. The van der Waals surface area contributed by atoms with Gasteiger partial charge < -0.3 is 19.3 Å². The van der Waals surface area contributed by atoms with E-state index in [0.29, 0.717) is 42.0 Å². The van der Waals surface area contributed by atoms with Crippen molar-refractivity contribution in [2.24, 2.45) is 0 Å². The maximum atomic E-state index is 14.9. The zero-order valence-electron chi connectivity index (χ0n) is 19.3. The van der Waals surface area contributed by atoms with E-state index in [-0.39, 0.29) is 29.7 Å². The average Bonchev–Trinajstić information content (AvgIpc) is 2.87. The van der Waals surface area contributed by atoms with Gasteiger partial charge in [-0.25, -0.2) is 18.0 Å². The molecule has 0 aliphatic carbocycles. The van der Waals surface area contributed by atoms with E-state index < -0.39 is 31.2 Å². The van der Waals surface area contributed by atoms with E-state index in [1.807, 2.05) is 4.90 Å². The molecule has 36 heavy (non-hydrogen) atoms. The highest BCUT2D eigenvalue weighted by atomic mass is 35.5. The molecular formula is C26H25ClF3NO5. The lowest BCUT2D eigenvalue weighted by Crippen LogP contribution is -2.35. The number of carboxylic acids is 1. The summed E-state index contributed by atoms with van der Waals surface area (Å²) in [7, 11) is 0. The van der Waals surface area contributed by atoms with Gasteiger partial charge in [0.25, 0.3) is 0 Å². The van der Waals surface area contributed by atoms with Gasteiger partial charge in [0.2, 0.25) is 0 Å². The molecule has 10 heteroatoms. The fourth-order valence-electron chi connectivity index (χ4n) is 3.98. The standard InChI is InChI=1S/C26H25ClF3NO5/c27-22-7-16(3-4-24(22)36-20(10-28)11-29)14-34-19-8-23(30)21-6-17(15-35-25(21)9-19)12-31-5-1-2-18(13-31)26(32)33/h2-4,6-9,20H,1,5,10-15H2,(H,32,33). The number of carboxylic acid groups (broad SMARTS) is 1. The Morgan fingerprint density at radius 1 is 1.22 bits per heavy atom. The Morgan fingerprint density at radius 2 is 2.03 bits per heavy atom. The van der Waals surface area contributed by atoms with Gasteiger partial charge in [0.1, 0.15) is 49.6 Å². The molecule has 6 nitrogen and oxygen atoms in total. The lowest BCUT2D eigenvalue weighted by atomic mass is 10.0. The Bertz CT molecular complexity index is 1180. The van der Waals surface area contributed by atoms with Crippen molar-refractivity contribution < 1.29 is 37.3 Å². The minimum absolute atomic E-state index is 0.0728. The van der Waals surface area contributed by atoms with Crippen molar-refractivity contribution in [2.45, 2.75) is 19.1 Å². The summed E-state index contributed by atoms with van der Waals surface area (Å²) in [5.74, 6) is -0.650. The van der Waals surface area contributed by atoms with E-state index in [1.54, 1.807) is 30.4 Å². The highest BCUT2D eigenvalue weighted by Crippen LogP contribution is 2.34. The number of hydrogen-bond acceptors (Lipinski definition) is 5. The first-order valence-electron chi connectivity index (χ1n) is 11.4. The van der Waals surface area contributed by atoms with Crippen LogP contribution in [0.3, 0.4) is 0 Å². The van der Waals surface area contributed by atoms with Gasteiger partial charge in [-0.05, 0) is 35.8 Å². The average molecular weight is 524 g/mol. The fraction of sp³-hybridized carbons (Fsp3) is 0.346. The number of halogens is 4. The molecule has 0 bridgehead atoms. The van der Waals surface area contributed by atoms with Gasteiger partial charge in [-0.3, -0.25) is 4.90 Å². The van der Waals surface area contributed by atoms with Crippen LogP contribution in [0.25, 0.3) is 6.08 Å². The van der Waals surface area contributed by atoms with Crippen molar-refractivity contribution in [1.82, 2.24) is 4.90 Å². The summed E-state index contributed by atoms with van der Waals surface area (Å²) in [5.41, 5.74) is 2.18. The predicted octanol–water partition coefficient (Wildman–Crippen LogP) is 5.24. The molecule has 4 rings (SSSR count). The third kappa shape index (κ3) is 6.33. The fourth-order valence-corrected chi connectivity index (χ4v) is 4.23. The third-order valence-corrected chi connectivity index (χ3v) is 6.09. The zero-order valence-corrected chi connectivity index (χ0v) is 20.1. The van der Waals surface area contributed by atoms with Gasteiger partial charge >= 0.3 is 5.97 Å². The molecule has 0 aromatic heterocycles. The largest absolute Gasteiger partial charge is 0.489 e. The predicted molar refractivity (Wildman–Crippen MR) is 129 cm³/mol. The van der Waals surface area contributed by atoms with Crippen LogP contribution >= 0.6 is 11.6 Å². The van der Waals surface area contributed by atoms with Crippen LogP contribution in [-0.2, 0) is 11.4 Å². The molecule has 0 saturated heterocycles. The van der Waals surface area contributed by atoms with Crippen LogP contribution in [0, 0.1) is 5.82 Å². The van der Waals surface area contributed by atoms with Gasteiger partial charge in [0.05, 0.1) is 10.6 Å². The number of alkyl halides is 2. The molecule has 0 atom stereocenters. The highest BCUT2D eigenvalue weighted by Gasteiger charge is 2.22. The van der Waals surface area contributed by atoms with E-state index >= 15 is 0 Å². The molecule has 2 aromatic rings. The molecule has 0 saturated carbocycles. The van der Waals surface area contributed by atoms with Crippen LogP contribution in [0.15, 0.2) is 47.6 Å². The van der Waals surface area contributed by atoms with Crippen molar-refractivity contribution in [1.29, 1.82) is 0 Å². The second-order valence-corrected chi connectivity index (χ2v) is 8.95. The first-order valence-corrected chi connectivity index (χ1v) is 11.7. The van der Waals surface area contributed by atoms with Crippen LogP contribution in [0.2, 0.25) is 5.02 Å². The molecule has 0 amide bonds. The Balaban J connectivity index is 1.39.